The highest BCUT2D eigenvalue weighted by atomic mass is 31.2. The first-order valence-electron chi connectivity index (χ1n) is 40.7. The largest absolute Gasteiger partial charge is 0.472 e. The molecule has 0 saturated carbocycles. The Balaban J connectivity index is 4.51. The van der Waals surface area contributed by atoms with Crippen LogP contribution in [0.2, 0.25) is 0 Å². The van der Waals surface area contributed by atoms with Crippen molar-refractivity contribution < 1.29 is 75.8 Å². The number of carbonyl (C=O) groups excluding carboxylic acids is 3. The highest BCUT2D eigenvalue weighted by Crippen LogP contribution is 2.45. The number of hydrogen-bond acceptors (Lipinski definition) is 14. The van der Waals surface area contributed by atoms with Crippen LogP contribution < -0.4 is 0 Å². The molecule has 4 N–H and O–H groups in total. The number of ether oxygens (including phenoxy) is 3. The predicted molar refractivity (Wildman–Crippen MR) is 444 cm³/mol. The van der Waals surface area contributed by atoms with Crippen molar-refractivity contribution in [1.82, 2.24) is 0 Å². The number of phosphoric acid groups is 2. The molecule has 107 heavy (non-hydrogen) atoms. The fourth-order valence-electron chi connectivity index (χ4n) is 10.2. The fraction of sp³-hybridized carbons (Fsp3) is 0.607. The lowest BCUT2D eigenvalue weighted by molar-refractivity contribution is -0.161. The van der Waals surface area contributed by atoms with E-state index in [-0.39, 0.29) is 19.3 Å². The first-order valence-corrected chi connectivity index (χ1v) is 43.7. The molecule has 16 nitrogen and oxygen atoms in total. The van der Waals surface area contributed by atoms with Gasteiger partial charge in [-0.2, -0.15) is 0 Å². The van der Waals surface area contributed by atoms with Crippen molar-refractivity contribution in [3.8, 4) is 0 Å². The normalized spacial score (nSPS) is 14.9. The molecule has 0 aromatic heterocycles. The summed E-state index contributed by atoms with van der Waals surface area (Å²) in [7, 11) is -9.83. The van der Waals surface area contributed by atoms with Crippen LogP contribution in [0.4, 0.5) is 0 Å². The minimum Gasteiger partial charge on any atom is -0.463 e. The van der Waals surface area contributed by atoms with E-state index in [1.165, 1.54) is 83.5 Å². The van der Waals surface area contributed by atoms with E-state index in [4.69, 9.17) is 32.3 Å². The maximum Gasteiger partial charge on any atom is 0.472 e. The number of aliphatic hydroxyl groups excluding tert-OH is 2. The van der Waals surface area contributed by atoms with E-state index in [1.807, 2.05) is 12.2 Å². The van der Waals surface area contributed by atoms with Gasteiger partial charge >= 0.3 is 33.6 Å². The molecule has 0 amide bonds. The van der Waals surface area contributed by atoms with E-state index >= 15 is 0 Å². The van der Waals surface area contributed by atoms with Crippen molar-refractivity contribution >= 4 is 33.6 Å². The summed E-state index contributed by atoms with van der Waals surface area (Å²) in [6.45, 7) is 2.21. The molecule has 18 heteroatoms. The lowest BCUT2D eigenvalue weighted by Crippen LogP contribution is -2.30. The SMILES string of the molecule is CC/C=C\C/C=C\C/C=C\C/C=C\C/C=C\C/C=C\CCCCCCCCCCCCCCCCCCC(=O)OCC(O)COP(=O)(O)OCC(O)COP(=O)(O)OCC(COC(=O)CCCCC/C=C\C/C=C\C/C=C\C/C=C\C/C=C\CC)OC(=O)CCC/C=C\C/C=C\C/C=C\C/C=C\C/C=C\CC. The Kier molecular flexibility index (Phi) is 75.7. The van der Waals surface area contributed by atoms with Crippen LogP contribution in [0.5, 0.6) is 0 Å². The van der Waals surface area contributed by atoms with Gasteiger partial charge in [0.15, 0.2) is 6.10 Å². The third kappa shape index (κ3) is 81.2. The second kappa shape index (κ2) is 79.9. The maximum atomic E-state index is 12.9. The average Bonchev–Trinajstić information content (AvgIpc) is 0.907. The molecule has 0 aromatic rings. The van der Waals surface area contributed by atoms with Crippen LogP contribution in [0.1, 0.15) is 290 Å². The van der Waals surface area contributed by atoms with Gasteiger partial charge in [-0.1, -0.05) is 312 Å². The third-order valence-electron chi connectivity index (χ3n) is 16.3. The van der Waals surface area contributed by atoms with Gasteiger partial charge in [-0.15, -0.1) is 0 Å². The molecule has 606 valence electrons. The molecule has 0 aliphatic carbocycles. The molecule has 5 unspecified atom stereocenters. The number of carbonyl (C=O) groups is 3. The molecule has 0 bridgehead atoms. The van der Waals surface area contributed by atoms with E-state index in [9.17, 15) is 43.5 Å². The summed E-state index contributed by atoms with van der Waals surface area (Å²) in [6, 6.07) is 0. The minimum atomic E-state index is -4.96. The summed E-state index contributed by atoms with van der Waals surface area (Å²) in [5, 5.41) is 20.7. The Labute approximate surface area is 648 Å². The molecule has 0 saturated heterocycles. The first-order chi connectivity index (χ1) is 52.2. The van der Waals surface area contributed by atoms with Gasteiger partial charge < -0.3 is 34.2 Å². The van der Waals surface area contributed by atoms with Crippen LogP contribution in [0.15, 0.2) is 194 Å². The van der Waals surface area contributed by atoms with Gasteiger partial charge in [-0.05, 0) is 154 Å². The smallest absolute Gasteiger partial charge is 0.463 e. The fourth-order valence-corrected chi connectivity index (χ4v) is 11.8. The van der Waals surface area contributed by atoms with Crippen LogP contribution in [-0.2, 0) is 55.8 Å². The average molecular weight is 1530 g/mol. The van der Waals surface area contributed by atoms with Crippen molar-refractivity contribution in [3.05, 3.63) is 194 Å². The Morgan fingerprint density at radius 2 is 0.477 bits per heavy atom. The predicted octanol–water partition coefficient (Wildman–Crippen LogP) is 24.3. The number of phosphoric ester groups is 2. The molecule has 0 radical (unpaired) electrons. The van der Waals surface area contributed by atoms with E-state index in [2.05, 4.69) is 203 Å². The first kappa shape index (κ1) is 101. The van der Waals surface area contributed by atoms with E-state index in [0.717, 1.165) is 141 Å². The zero-order valence-electron chi connectivity index (χ0n) is 66.2. The molecule has 0 spiro atoms. The molecule has 0 aliphatic heterocycles. The zero-order chi connectivity index (χ0) is 78.0. The lowest BCUT2D eigenvalue weighted by Gasteiger charge is -2.21. The summed E-state index contributed by atoms with van der Waals surface area (Å²) in [4.78, 5) is 58.6. The molecule has 0 rings (SSSR count). The number of esters is 3. The quantitative estimate of drug-likeness (QED) is 0.0146. The number of aliphatic hydroxyl groups is 2. The van der Waals surface area contributed by atoms with Gasteiger partial charge in [0.1, 0.15) is 25.4 Å². The highest BCUT2D eigenvalue weighted by molar-refractivity contribution is 7.47. The highest BCUT2D eigenvalue weighted by Gasteiger charge is 2.29. The maximum absolute atomic E-state index is 12.9. The second-order valence-electron chi connectivity index (χ2n) is 26.4. The van der Waals surface area contributed by atoms with Gasteiger partial charge in [0.05, 0.1) is 26.4 Å². The Hall–Kier alpha value is -5.61. The van der Waals surface area contributed by atoms with E-state index in [0.29, 0.717) is 25.7 Å². The van der Waals surface area contributed by atoms with E-state index < -0.39 is 91.5 Å². The molecule has 0 fully saturated rings. The van der Waals surface area contributed by atoms with Crippen molar-refractivity contribution in [2.45, 2.75) is 309 Å². The van der Waals surface area contributed by atoms with Crippen LogP contribution in [0, 0.1) is 0 Å². The van der Waals surface area contributed by atoms with Gasteiger partial charge in [-0.3, -0.25) is 32.5 Å². The minimum absolute atomic E-state index is 0.0117. The summed E-state index contributed by atoms with van der Waals surface area (Å²) in [6.07, 6.45) is 105. The van der Waals surface area contributed by atoms with Crippen molar-refractivity contribution in [2.24, 2.45) is 0 Å². The van der Waals surface area contributed by atoms with Crippen molar-refractivity contribution in [1.29, 1.82) is 0 Å². The molecule has 0 aliphatic rings. The standard InChI is InChI=1S/C89H144O16P2/c1-4-7-10-13-16-19-22-25-28-31-33-34-35-36-37-38-39-40-41-42-43-44-45-46-47-48-50-53-54-57-60-63-66-69-72-75-87(92)99-78-84(90)79-101-106(95,96)102-80-85(91)81-103-107(97,98)104-83-86(105-89(94)77-74-71-68-65-62-59-56-51-30-27-24-21-18-15-12-9-6-3)82-100-88(93)76-73-70-67-64-61-58-55-52-49-32-29-26-23-20-17-14-11-8-5-2/h7-12,16-21,25-30,33-34,36-37,39-40,49,52,56,58-59,61,65,68,84-86,90-91H,4-6,13-15,22-24,31-32,35,38,41-48,50-51,53-55,57,60,62-64,66-67,69-83H2,1-3H3,(H,95,96)(H,97,98)/b10-7-,11-8-,12-9-,19-16-,20-17-,21-18-,28-25-,29-26-,30-27-,34-33-,37-36-,40-39-,52-49-,59-56-,61-58-,68-65-. The zero-order valence-corrected chi connectivity index (χ0v) is 68.0. The van der Waals surface area contributed by atoms with Crippen LogP contribution in [0.25, 0.3) is 0 Å². The number of rotatable bonds is 75. The lowest BCUT2D eigenvalue weighted by atomic mass is 10.0. The van der Waals surface area contributed by atoms with Crippen LogP contribution in [-0.4, -0.2) is 95.9 Å². The summed E-state index contributed by atoms with van der Waals surface area (Å²) >= 11 is 0. The number of hydrogen-bond donors (Lipinski definition) is 4. The molecule has 0 heterocycles. The summed E-state index contributed by atoms with van der Waals surface area (Å²) < 4.78 is 61.1. The summed E-state index contributed by atoms with van der Waals surface area (Å²) in [5.74, 6) is -1.69. The molecule has 5 atom stereocenters. The summed E-state index contributed by atoms with van der Waals surface area (Å²) in [5.41, 5.74) is 0. The van der Waals surface area contributed by atoms with Crippen LogP contribution in [0.3, 0.4) is 0 Å². The molecular weight excluding hydrogens is 1390 g/mol. The second-order valence-corrected chi connectivity index (χ2v) is 29.3. The monoisotopic (exact) mass is 1530 g/mol. The van der Waals surface area contributed by atoms with E-state index in [1.54, 1.807) is 0 Å². The molecule has 0 aromatic carbocycles. The Morgan fingerprint density at radius 1 is 0.262 bits per heavy atom. The van der Waals surface area contributed by atoms with Crippen molar-refractivity contribution in [3.63, 3.8) is 0 Å². The van der Waals surface area contributed by atoms with Crippen LogP contribution >= 0.6 is 15.6 Å². The number of unbranched alkanes of at least 4 members (excludes halogenated alkanes) is 20. The third-order valence-corrected chi connectivity index (χ3v) is 18.2. The number of allylic oxidation sites excluding steroid dienone is 32. The topological polar surface area (TPSA) is 231 Å². The van der Waals surface area contributed by atoms with Gasteiger partial charge in [-0.25, -0.2) is 9.13 Å². The van der Waals surface area contributed by atoms with Gasteiger partial charge in [0.2, 0.25) is 0 Å². The van der Waals surface area contributed by atoms with Gasteiger partial charge in [0, 0.05) is 19.3 Å². The molecular formula is C89H144O16P2. The van der Waals surface area contributed by atoms with Gasteiger partial charge in [0.25, 0.3) is 0 Å². The Bertz CT molecular complexity index is 2720. The Morgan fingerprint density at radius 3 is 0.776 bits per heavy atom. The van der Waals surface area contributed by atoms with Crippen molar-refractivity contribution in [2.75, 3.05) is 39.6 Å².